The molecule has 0 spiro atoms. The van der Waals surface area contributed by atoms with Crippen LogP contribution in [0.1, 0.15) is 23.3 Å². The molecule has 0 radical (unpaired) electrons. The van der Waals surface area contributed by atoms with Gasteiger partial charge < -0.3 is 20.3 Å². The Kier molecular flexibility index (Phi) is 6.20. The highest BCUT2D eigenvalue weighted by atomic mass is 19.1. The van der Waals surface area contributed by atoms with Gasteiger partial charge in [-0.25, -0.2) is 9.18 Å². The topological polar surface area (TPSA) is 109 Å². The molecule has 4 amide bonds. The van der Waals surface area contributed by atoms with Crippen LogP contribution in [0.25, 0.3) is 0 Å². The van der Waals surface area contributed by atoms with Crippen molar-refractivity contribution in [3.8, 4) is 5.75 Å². The Morgan fingerprint density at radius 1 is 1.19 bits per heavy atom. The number of benzene rings is 1. The summed E-state index contributed by atoms with van der Waals surface area (Å²) in [5, 5.41) is 0. The van der Waals surface area contributed by atoms with Crippen LogP contribution in [-0.2, 0) is 4.79 Å². The number of carbonyl (C=O) groups is 3. The Morgan fingerprint density at radius 3 is 2.78 bits per heavy atom. The van der Waals surface area contributed by atoms with Gasteiger partial charge in [-0.2, -0.15) is 0 Å². The predicted molar refractivity (Wildman–Crippen MR) is 114 cm³/mol. The number of urea groups is 1. The Bertz CT molecular complexity index is 1030. The largest absolute Gasteiger partial charge is 0.488 e. The lowest BCUT2D eigenvalue weighted by Crippen LogP contribution is -2.48. The van der Waals surface area contributed by atoms with Crippen LogP contribution in [-0.4, -0.2) is 71.5 Å². The van der Waals surface area contributed by atoms with Gasteiger partial charge >= 0.3 is 6.03 Å². The first-order valence-electron chi connectivity index (χ1n) is 10.4. The highest BCUT2D eigenvalue weighted by Gasteiger charge is 2.34. The lowest BCUT2D eigenvalue weighted by atomic mass is 10.1. The maximum Gasteiger partial charge on any atom is 0.325 e. The molecule has 9 nitrogen and oxygen atoms in total. The highest BCUT2D eigenvalue weighted by molar-refractivity contribution is 5.96. The third-order valence-corrected chi connectivity index (χ3v) is 5.58. The number of hydrogen-bond acceptors (Lipinski definition) is 5. The summed E-state index contributed by atoms with van der Waals surface area (Å²) < 4.78 is 20.0. The summed E-state index contributed by atoms with van der Waals surface area (Å²) in [5.41, 5.74) is 5.58. The first-order valence-corrected chi connectivity index (χ1v) is 10.4. The van der Waals surface area contributed by atoms with Gasteiger partial charge in [-0.05, 0) is 31.0 Å². The van der Waals surface area contributed by atoms with Crippen LogP contribution in [0.3, 0.4) is 0 Å². The van der Waals surface area contributed by atoms with E-state index in [1.807, 2.05) is 0 Å². The fraction of sp³-hybridized carbons (Fsp3) is 0.364. The van der Waals surface area contributed by atoms with E-state index in [0.717, 1.165) is 12.8 Å². The van der Waals surface area contributed by atoms with Gasteiger partial charge in [0.05, 0.1) is 12.2 Å². The number of primary amides is 1. The highest BCUT2D eigenvalue weighted by Crippen LogP contribution is 2.24. The van der Waals surface area contributed by atoms with Crippen LogP contribution < -0.4 is 15.4 Å². The molecule has 1 aromatic heterocycles. The lowest BCUT2D eigenvalue weighted by molar-refractivity contribution is -0.134. The van der Waals surface area contributed by atoms with E-state index in [2.05, 4.69) is 4.98 Å². The fourth-order valence-electron chi connectivity index (χ4n) is 3.96. The Labute approximate surface area is 184 Å². The molecule has 2 N–H and O–H groups in total. The number of carbonyl (C=O) groups excluding carboxylic acids is 3. The maximum atomic E-state index is 14.1. The second-order valence-corrected chi connectivity index (χ2v) is 7.77. The molecule has 0 saturated carbocycles. The number of pyridine rings is 1. The van der Waals surface area contributed by atoms with Crippen molar-refractivity contribution in [1.29, 1.82) is 0 Å². The number of hydrogen-bond donors (Lipinski definition) is 1. The number of para-hydroxylation sites is 1. The minimum absolute atomic E-state index is 0.0718. The zero-order valence-electron chi connectivity index (χ0n) is 17.4. The fourth-order valence-corrected chi connectivity index (χ4v) is 3.96. The molecule has 2 aliphatic heterocycles. The molecule has 2 fully saturated rings. The number of halogens is 1. The molecular formula is C22H24FN5O4. The van der Waals surface area contributed by atoms with Crippen molar-refractivity contribution in [2.24, 2.45) is 5.73 Å². The van der Waals surface area contributed by atoms with Gasteiger partial charge in [-0.1, -0.05) is 12.1 Å². The average molecular weight is 441 g/mol. The second-order valence-electron chi connectivity index (χ2n) is 7.77. The molecule has 32 heavy (non-hydrogen) atoms. The first-order chi connectivity index (χ1) is 15.4. The minimum atomic E-state index is -0.643. The third kappa shape index (κ3) is 4.63. The molecule has 2 aromatic rings. The van der Waals surface area contributed by atoms with E-state index >= 15 is 0 Å². The number of likely N-dealkylation sites (tertiary alicyclic amines) is 1. The Hall–Kier alpha value is -3.69. The Balaban J connectivity index is 1.35. The van der Waals surface area contributed by atoms with Gasteiger partial charge in [0.1, 0.15) is 29.9 Å². The predicted octanol–water partition coefficient (Wildman–Crippen LogP) is 1.63. The van der Waals surface area contributed by atoms with Crippen molar-refractivity contribution in [3.05, 3.63) is 54.1 Å². The normalized spacial score (nSPS) is 18.7. The van der Waals surface area contributed by atoms with E-state index in [0.29, 0.717) is 31.9 Å². The summed E-state index contributed by atoms with van der Waals surface area (Å²) in [6.07, 6.45) is 2.70. The van der Waals surface area contributed by atoms with Crippen molar-refractivity contribution < 1.29 is 23.5 Å². The van der Waals surface area contributed by atoms with Crippen LogP contribution in [0.4, 0.5) is 14.9 Å². The molecule has 0 bridgehead atoms. The van der Waals surface area contributed by atoms with E-state index in [1.165, 1.54) is 28.1 Å². The molecule has 1 unspecified atom stereocenters. The standard InChI is InChI=1S/C22H24FN5O4/c23-17-5-1-2-6-19(17)28-11-10-27(22(28)31)14-20(29)26-9-3-4-16(13-26)32-15-7-8-25-18(12-15)21(24)30/h1-2,5-8,12,16H,3-4,9-11,13-14H2,(H2,24,30). The molecule has 10 heteroatoms. The van der Waals surface area contributed by atoms with E-state index in [1.54, 1.807) is 29.2 Å². The van der Waals surface area contributed by atoms with Crippen molar-refractivity contribution in [2.75, 3.05) is 37.6 Å². The summed E-state index contributed by atoms with van der Waals surface area (Å²) in [6.45, 7) is 1.53. The molecule has 168 valence electrons. The summed E-state index contributed by atoms with van der Waals surface area (Å²) >= 11 is 0. The number of aromatic nitrogens is 1. The quantitative estimate of drug-likeness (QED) is 0.733. The van der Waals surface area contributed by atoms with Crippen molar-refractivity contribution in [2.45, 2.75) is 18.9 Å². The lowest BCUT2D eigenvalue weighted by Gasteiger charge is -2.33. The maximum absolute atomic E-state index is 14.1. The zero-order valence-corrected chi connectivity index (χ0v) is 17.4. The van der Waals surface area contributed by atoms with E-state index in [-0.39, 0.29) is 36.0 Å². The monoisotopic (exact) mass is 441 g/mol. The van der Waals surface area contributed by atoms with Crippen molar-refractivity contribution in [3.63, 3.8) is 0 Å². The van der Waals surface area contributed by atoms with E-state index in [9.17, 15) is 18.8 Å². The zero-order chi connectivity index (χ0) is 22.7. The third-order valence-electron chi connectivity index (χ3n) is 5.58. The van der Waals surface area contributed by atoms with E-state index < -0.39 is 11.7 Å². The number of nitrogens with two attached hydrogens (primary N) is 1. The average Bonchev–Trinajstić information content (AvgIpc) is 3.14. The van der Waals surface area contributed by atoms with Gasteiger partial charge in [0, 0.05) is 31.9 Å². The van der Waals surface area contributed by atoms with Gasteiger partial charge in [-0.3, -0.25) is 19.5 Å². The van der Waals surface area contributed by atoms with Crippen LogP contribution in [0, 0.1) is 5.82 Å². The van der Waals surface area contributed by atoms with Crippen molar-refractivity contribution >= 4 is 23.5 Å². The first kappa shape index (κ1) is 21.5. The van der Waals surface area contributed by atoms with Crippen LogP contribution in [0.5, 0.6) is 5.75 Å². The molecule has 2 aliphatic rings. The number of rotatable bonds is 6. The van der Waals surface area contributed by atoms with E-state index in [4.69, 9.17) is 10.5 Å². The second kappa shape index (κ2) is 9.21. The molecule has 2 saturated heterocycles. The Morgan fingerprint density at radius 2 is 2.00 bits per heavy atom. The number of anilines is 1. The van der Waals surface area contributed by atoms with Gasteiger partial charge in [-0.15, -0.1) is 0 Å². The number of amides is 4. The molecule has 1 aromatic carbocycles. The molecule has 4 rings (SSSR count). The smallest absolute Gasteiger partial charge is 0.325 e. The summed E-state index contributed by atoms with van der Waals surface area (Å²) in [6, 6.07) is 8.81. The van der Waals surface area contributed by atoms with Crippen LogP contribution >= 0.6 is 0 Å². The summed E-state index contributed by atoms with van der Waals surface area (Å²) in [4.78, 5) is 45.2. The summed E-state index contributed by atoms with van der Waals surface area (Å²) in [5.74, 6) is -0.839. The number of nitrogens with zero attached hydrogens (tertiary/aromatic N) is 4. The SMILES string of the molecule is NC(=O)c1cc(OC2CCCN(C(=O)CN3CCN(c4ccccc4F)C3=O)C2)ccn1. The van der Waals surface area contributed by atoms with Gasteiger partial charge in [0.25, 0.3) is 5.91 Å². The number of piperidine rings is 1. The molecule has 1 atom stereocenters. The summed E-state index contributed by atoms with van der Waals surface area (Å²) in [7, 11) is 0. The molecule has 3 heterocycles. The van der Waals surface area contributed by atoms with Crippen LogP contribution in [0.2, 0.25) is 0 Å². The molecular weight excluding hydrogens is 417 g/mol. The number of ether oxygens (including phenoxy) is 1. The van der Waals surface area contributed by atoms with Gasteiger partial charge in [0.15, 0.2) is 0 Å². The van der Waals surface area contributed by atoms with Gasteiger partial charge in [0.2, 0.25) is 5.91 Å². The van der Waals surface area contributed by atoms with Crippen LogP contribution in [0.15, 0.2) is 42.6 Å². The van der Waals surface area contributed by atoms with Crippen molar-refractivity contribution in [1.82, 2.24) is 14.8 Å². The minimum Gasteiger partial charge on any atom is -0.488 e. The molecule has 0 aliphatic carbocycles.